The zero-order chi connectivity index (χ0) is 11.4. The lowest BCUT2D eigenvalue weighted by Gasteiger charge is -2.08. The Morgan fingerprint density at radius 3 is 1.43 bits per heavy atom. The van der Waals surface area contributed by atoms with Crippen molar-refractivity contribution >= 4 is 0 Å². The number of hydrogen-bond donors (Lipinski definition) is 0. The first-order chi connectivity index (χ1) is 6.79. The Morgan fingerprint density at radius 2 is 1.43 bits per heavy atom. The summed E-state index contributed by atoms with van der Waals surface area (Å²) in [7, 11) is 0. The quantitative estimate of drug-likeness (QED) is 0.457. The molecule has 0 aliphatic heterocycles. The molecule has 0 nitrogen and oxygen atoms in total. The van der Waals surface area contributed by atoms with E-state index < -0.39 is 0 Å². The van der Waals surface area contributed by atoms with E-state index in [1.165, 1.54) is 19.3 Å². The van der Waals surface area contributed by atoms with Crippen molar-refractivity contribution < 1.29 is 0 Å². The van der Waals surface area contributed by atoms with E-state index in [9.17, 15) is 0 Å². The third-order valence-electron chi connectivity index (χ3n) is 2.00. The summed E-state index contributed by atoms with van der Waals surface area (Å²) < 4.78 is 0. The number of allylic oxidation sites excluding steroid dienone is 4. The molecule has 0 bridgehead atoms. The van der Waals surface area contributed by atoms with Gasteiger partial charge in [0.05, 0.1) is 0 Å². The van der Waals surface area contributed by atoms with Crippen molar-refractivity contribution in [3.63, 3.8) is 0 Å². The highest BCUT2D eigenvalue weighted by Crippen LogP contribution is 2.15. The fourth-order valence-electron chi connectivity index (χ4n) is 0.841. The lowest BCUT2D eigenvalue weighted by atomic mass is 9.98. The summed E-state index contributed by atoms with van der Waals surface area (Å²) in [5, 5.41) is 0. The summed E-state index contributed by atoms with van der Waals surface area (Å²) in [6, 6.07) is 0. The van der Waals surface area contributed by atoms with Crippen LogP contribution in [0.4, 0.5) is 0 Å². The maximum absolute atomic E-state index is 2.26. The van der Waals surface area contributed by atoms with Gasteiger partial charge in [-0.05, 0) is 32.1 Å². The van der Waals surface area contributed by atoms with Crippen molar-refractivity contribution in [3.05, 3.63) is 23.8 Å². The standard InChI is InChI=1S/2C5H8.2C2H6/c2*1-5-3-2-4-5;2*1-2/h3H,2,4H2,1H3;2-3,5H,4H2,1H3;2*1-2H3. The van der Waals surface area contributed by atoms with Crippen LogP contribution in [0.3, 0.4) is 0 Å². The molecule has 0 heteroatoms. The van der Waals surface area contributed by atoms with Gasteiger partial charge in [0.25, 0.3) is 0 Å². The molecule has 0 aromatic rings. The van der Waals surface area contributed by atoms with Crippen molar-refractivity contribution in [3.8, 4) is 0 Å². The minimum absolute atomic E-state index is 0.884. The highest BCUT2D eigenvalue weighted by molar-refractivity contribution is 5.07. The van der Waals surface area contributed by atoms with Crippen LogP contribution in [0.2, 0.25) is 0 Å². The first-order valence-electron chi connectivity index (χ1n) is 6.11. The molecular weight excluding hydrogens is 168 g/mol. The first kappa shape index (κ1) is 15.9. The third kappa shape index (κ3) is 9.57. The first-order valence-corrected chi connectivity index (χ1v) is 6.11. The summed E-state index contributed by atoms with van der Waals surface area (Å²) in [5.41, 5.74) is 1.56. The van der Waals surface area contributed by atoms with Crippen LogP contribution in [0.1, 0.15) is 60.8 Å². The molecule has 0 heterocycles. The predicted octanol–water partition coefficient (Wildman–Crippen LogP) is 5.36. The molecule has 0 spiro atoms. The van der Waals surface area contributed by atoms with Gasteiger partial charge in [-0.1, -0.05) is 58.4 Å². The Balaban J connectivity index is 0. The van der Waals surface area contributed by atoms with Gasteiger partial charge in [-0.3, -0.25) is 0 Å². The van der Waals surface area contributed by atoms with E-state index in [4.69, 9.17) is 0 Å². The third-order valence-corrected chi connectivity index (χ3v) is 2.00. The largest absolute Gasteiger partial charge is 0.0877 e. The number of rotatable bonds is 0. The molecule has 0 fully saturated rings. The topological polar surface area (TPSA) is 0 Å². The fraction of sp³-hybridized carbons (Fsp3) is 0.714. The van der Waals surface area contributed by atoms with E-state index in [1.807, 2.05) is 27.7 Å². The summed E-state index contributed by atoms with van der Waals surface area (Å²) in [5.74, 6) is 0.884. The van der Waals surface area contributed by atoms with E-state index in [0.29, 0.717) is 0 Å². The van der Waals surface area contributed by atoms with Gasteiger partial charge in [0, 0.05) is 0 Å². The van der Waals surface area contributed by atoms with Crippen LogP contribution in [0.15, 0.2) is 23.8 Å². The van der Waals surface area contributed by atoms with E-state index in [1.54, 1.807) is 5.57 Å². The van der Waals surface area contributed by atoms with E-state index in [-0.39, 0.29) is 0 Å². The van der Waals surface area contributed by atoms with Crippen molar-refractivity contribution in [1.82, 2.24) is 0 Å². The van der Waals surface area contributed by atoms with Crippen LogP contribution >= 0.6 is 0 Å². The predicted molar refractivity (Wildman–Crippen MR) is 68.6 cm³/mol. The molecule has 1 atom stereocenters. The second-order valence-corrected chi connectivity index (χ2v) is 3.23. The van der Waals surface area contributed by atoms with Crippen molar-refractivity contribution in [2.45, 2.75) is 60.8 Å². The monoisotopic (exact) mass is 196 g/mol. The highest BCUT2D eigenvalue weighted by atomic mass is 14.0. The van der Waals surface area contributed by atoms with Crippen LogP contribution < -0.4 is 0 Å². The van der Waals surface area contributed by atoms with Crippen LogP contribution in [0.5, 0.6) is 0 Å². The molecule has 2 aliphatic rings. The van der Waals surface area contributed by atoms with E-state index in [2.05, 4.69) is 32.1 Å². The second-order valence-electron chi connectivity index (χ2n) is 3.23. The van der Waals surface area contributed by atoms with Gasteiger partial charge >= 0.3 is 0 Å². The summed E-state index contributed by atoms with van der Waals surface area (Å²) in [6.45, 7) is 12.4. The molecule has 2 rings (SSSR count). The lowest BCUT2D eigenvalue weighted by Crippen LogP contribution is -1.93. The Kier molecular flexibility index (Phi) is 14.2. The Morgan fingerprint density at radius 1 is 1.14 bits per heavy atom. The van der Waals surface area contributed by atoms with Gasteiger partial charge in [0.1, 0.15) is 0 Å². The summed E-state index contributed by atoms with van der Waals surface area (Å²) in [4.78, 5) is 0. The van der Waals surface area contributed by atoms with Gasteiger partial charge in [-0.2, -0.15) is 0 Å². The normalized spacial score (nSPS) is 20.1. The van der Waals surface area contributed by atoms with Gasteiger partial charge in [-0.15, -0.1) is 0 Å². The minimum atomic E-state index is 0.884. The van der Waals surface area contributed by atoms with Crippen LogP contribution in [0.25, 0.3) is 0 Å². The Bertz CT molecular complexity index is 151. The minimum Gasteiger partial charge on any atom is -0.0877 e. The molecule has 0 aromatic heterocycles. The van der Waals surface area contributed by atoms with Crippen LogP contribution in [-0.2, 0) is 0 Å². The molecule has 0 saturated carbocycles. The molecule has 1 unspecified atom stereocenters. The average Bonchev–Trinajstić information content (AvgIpc) is 2.19. The lowest BCUT2D eigenvalue weighted by molar-refractivity contribution is 0.681. The number of hydrogen-bond acceptors (Lipinski definition) is 0. The fourth-order valence-corrected chi connectivity index (χ4v) is 0.841. The van der Waals surface area contributed by atoms with E-state index in [0.717, 1.165) is 5.92 Å². The molecular formula is C14H28. The highest BCUT2D eigenvalue weighted by Gasteiger charge is 1.98. The maximum atomic E-state index is 2.26. The SMILES string of the molecule is CC.CC.CC1=CCC1.CC1C=CC1. The second kappa shape index (κ2) is 12.5. The van der Waals surface area contributed by atoms with Gasteiger partial charge < -0.3 is 0 Å². The maximum Gasteiger partial charge on any atom is -0.0227 e. The molecule has 0 amide bonds. The van der Waals surface area contributed by atoms with Crippen molar-refractivity contribution in [2.75, 3.05) is 0 Å². The smallest absolute Gasteiger partial charge is 0.0227 e. The molecule has 0 N–H and O–H groups in total. The molecule has 0 radical (unpaired) electrons. The molecule has 84 valence electrons. The zero-order valence-corrected chi connectivity index (χ0v) is 10.9. The van der Waals surface area contributed by atoms with Gasteiger partial charge in [0.15, 0.2) is 0 Å². The Labute approximate surface area is 91.1 Å². The van der Waals surface area contributed by atoms with E-state index >= 15 is 0 Å². The van der Waals surface area contributed by atoms with Crippen molar-refractivity contribution in [1.29, 1.82) is 0 Å². The molecule has 14 heavy (non-hydrogen) atoms. The molecule has 2 aliphatic carbocycles. The average molecular weight is 196 g/mol. The van der Waals surface area contributed by atoms with Crippen molar-refractivity contribution in [2.24, 2.45) is 5.92 Å². The summed E-state index contributed by atoms with van der Waals surface area (Å²) in [6.07, 6.45) is 10.7. The molecule has 0 aromatic carbocycles. The summed E-state index contributed by atoms with van der Waals surface area (Å²) >= 11 is 0. The zero-order valence-electron chi connectivity index (χ0n) is 10.9. The van der Waals surface area contributed by atoms with Crippen LogP contribution in [0, 0.1) is 5.92 Å². The van der Waals surface area contributed by atoms with Crippen LogP contribution in [-0.4, -0.2) is 0 Å². The van der Waals surface area contributed by atoms with Gasteiger partial charge in [-0.25, -0.2) is 0 Å². The van der Waals surface area contributed by atoms with Gasteiger partial charge in [0.2, 0.25) is 0 Å². The molecule has 0 saturated heterocycles. The Hall–Kier alpha value is -0.520.